The average molecular weight is 465 g/mol. The van der Waals surface area contributed by atoms with Gasteiger partial charge in [-0.1, -0.05) is 71.0 Å². The Kier molecular flexibility index (Phi) is 7.07. The molecular formula is C32H32O3. The monoisotopic (exact) mass is 464 g/mol. The molecule has 0 N–H and O–H groups in total. The summed E-state index contributed by atoms with van der Waals surface area (Å²) in [6, 6.07) is 31.6. The number of hydrogen-bond donors (Lipinski definition) is 0. The van der Waals surface area contributed by atoms with Gasteiger partial charge in [-0.15, -0.1) is 0 Å². The Morgan fingerprint density at radius 2 is 0.914 bits per heavy atom. The fraction of sp³-hybridized carbons (Fsp3) is 0.219. The summed E-state index contributed by atoms with van der Waals surface area (Å²) in [6.45, 7) is 10.4. The highest BCUT2D eigenvalue weighted by molar-refractivity contribution is 5.97. The molecule has 0 saturated carbocycles. The fourth-order valence-corrected chi connectivity index (χ4v) is 3.75. The predicted octanol–water partition coefficient (Wildman–Crippen LogP) is 9.07. The molecule has 0 aliphatic rings. The fourth-order valence-electron chi connectivity index (χ4n) is 3.75. The lowest BCUT2D eigenvalue weighted by molar-refractivity contribution is 0.0939. The van der Waals surface area contributed by atoms with Crippen molar-refractivity contribution in [3.63, 3.8) is 0 Å². The summed E-state index contributed by atoms with van der Waals surface area (Å²) in [5.41, 5.74) is 4.31. The molecule has 0 aliphatic heterocycles. The second-order valence-electron chi connectivity index (χ2n) is 10.1. The van der Waals surface area contributed by atoms with Crippen molar-refractivity contribution < 1.29 is 14.3 Å². The molecular weight excluding hydrogens is 432 g/mol. The van der Waals surface area contributed by atoms with Crippen LogP contribution in [0, 0.1) is 5.92 Å². The molecule has 4 aromatic carbocycles. The first-order chi connectivity index (χ1) is 16.7. The van der Waals surface area contributed by atoms with Crippen LogP contribution in [0.25, 0.3) is 11.1 Å². The molecule has 178 valence electrons. The molecule has 0 amide bonds. The predicted molar refractivity (Wildman–Crippen MR) is 143 cm³/mol. The van der Waals surface area contributed by atoms with Gasteiger partial charge in [-0.3, -0.25) is 4.79 Å². The molecule has 35 heavy (non-hydrogen) atoms. The van der Waals surface area contributed by atoms with Gasteiger partial charge in [0.2, 0.25) is 0 Å². The number of ketones is 1. The SMILES string of the molecule is CC(C)C(=O)c1ccc(Oc2ccc(-c3ccc(Oc4ccc(C(C)(C)C)cc4)cc3)cc2)cc1. The van der Waals surface area contributed by atoms with Crippen molar-refractivity contribution in [3.05, 3.63) is 108 Å². The molecule has 4 rings (SSSR count). The minimum Gasteiger partial charge on any atom is -0.457 e. The standard InChI is InChI=1S/C32H32O3/c1-22(2)31(33)25-10-18-29(19-11-25)34-27-14-6-23(7-15-27)24-8-16-28(17-9-24)35-30-20-12-26(13-21-30)32(3,4)5/h6-22H,1-5H3. The van der Waals surface area contributed by atoms with E-state index in [2.05, 4.69) is 45.0 Å². The second-order valence-corrected chi connectivity index (χ2v) is 10.1. The number of hydrogen-bond acceptors (Lipinski definition) is 3. The van der Waals surface area contributed by atoms with Crippen molar-refractivity contribution in [2.24, 2.45) is 5.92 Å². The number of rotatable bonds is 7. The second kappa shape index (κ2) is 10.2. The van der Waals surface area contributed by atoms with Crippen LogP contribution in [0.15, 0.2) is 97.1 Å². The van der Waals surface area contributed by atoms with Gasteiger partial charge in [-0.05, 0) is 82.8 Å². The van der Waals surface area contributed by atoms with E-state index < -0.39 is 0 Å². The van der Waals surface area contributed by atoms with Gasteiger partial charge in [0.15, 0.2) is 5.78 Å². The van der Waals surface area contributed by atoms with E-state index in [0.29, 0.717) is 11.3 Å². The lowest BCUT2D eigenvalue weighted by Crippen LogP contribution is -2.10. The summed E-state index contributed by atoms with van der Waals surface area (Å²) in [5.74, 6) is 3.20. The summed E-state index contributed by atoms with van der Waals surface area (Å²) in [7, 11) is 0. The van der Waals surface area contributed by atoms with Crippen LogP contribution in [-0.2, 0) is 5.41 Å². The number of benzene rings is 4. The van der Waals surface area contributed by atoms with Crippen LogP contribution in [0.1, 0.15) is 50.5 Å². The maximum Gasteiger partial charge on any atom is 0.165 e. The highest BCUT2D eigenvalue weighted by Gasteiger charge is 2.13. The van der Waals surface area contributed by atoms with Crippen molar-refractivity contribution >= 4 is 5.78 Å². The van der Waals surface area contributed by atoms with Gasteiger partial charge in [0.1, 0.15) is 23.0 Å². The molecule has 0 atom stereocenters. The van der Waals surface area contributed by atoms with Crippen molar-refractivity contribution in [1.29, 1.82) is 0 Å². The van der Waals surface area contributed by atoms with Crippen LogP contribution >= 0.6 is 0 Å². The van der Waals surface area contributed by atoms with Crippen LogP contribution in [0.3, 0.4) is 0 Å². The summed E-state index contributed by atoms with van der Waals surface area (Å²) >= 11 is 0. The third-order valence-corrected chi connectivity index (χ3v) is 5.90. The Morgan fingerprint density at radius 1 is 0.571 bits per heavy atom. The van der Waals surface area contributed by atoms with Crippen molar-refractivity contribution in [2.45, 2.75) is 40.0 Å². The van der Waals surface area contributed by atoms with Gasteiger partial charge in [0.05, 0.1) is 0 Å². The summed E-state index contributed by atoms with van der Waals surface area (Å²) < 4.78 is 12.0. The Morgan fingerprint density at radius 3 is 1.26 bits per heavy atom. The number of Topliss-reactive ketones (excluding diaryl/α,β-unsaturated/α-hetero) is 1. The normalized spacial score (nSPS) is 11.4. The summed E-state index contributed by atoms with van der Waals surface area (Å²) in [4.78, 5) is 12.1. The first-order valence-corrected chi connectivity index (χ1v) is 12.0. The van der Waals surface area contributed by atoms with E-state index in [1.807, 2.05) is 86.6 Å². The number of carbonyl (C=O) groups is 1. The lowest BCUT2D eigenvalue weighted by atomic mass is 9.87. The first-order valence-electron chi connectivity index (χ1n) is 12.0. The van der Waals surface area contributed by atoms with Gasteiger partial charge in [-0.2, -0.15) is 0 Å². The molecule has 0 spiro atoms. The lowest BCUT2D eigenvalue weighted by Gasteiger charge is -2.19. The van der Waals surface area contributed by atoms with Crippen LogP contribution < -0.4 is 9.47 Å². The van der Waals surface area contributed by atoms with Gasteiger partial charge in [0.25, 0.3) is 0 Å². The zero-order valence-corrected chi connectivity index (χ0v) is 21.0. The van der Waals surface area contributed by atoms with Crippen molar-refractivity contribution in [1.82, 2.24) is 0 Å². The topological polar surface area (TPSA) is 35.5 Å². The van der Waals surface area contributed by atoms with E-state index in [9.17, 15) is 4.79 Å². The smallest absolute Gasteiger partial charge is 0.165 e. The molecule has 0 radical (unpaired) electrons. The molecule has 0 bridgehead atoms. The molecule has 0 aromatic heterocycles. The molecule has 0 fully saturated rings. The summed E-state index contributed by atoms with van der Waals surface area (Å²) in [6.07, 6.45) is 0. The third kappa shape index (κ3) is 6.19. The van der Waals surface area contributed by atoms with E-state index in [1.165, 1.54) is 5.56 Å². The Bertz CT molecular complexity index is 1260. The van der Waals surface area contributed by atoms with Crippen LogP contribution in [0.5, 0.6) is 23.0 Å². The first kappa shape index (κ1) is 24.3. The average Bonchev–Trinajstić information content (AvgIpc) is 2.85. The van der Waals surface area contributed by atoms with Gasteiger partial charge >= 0.3 is 0 Å². The quantitative estimate of drug-likeness (QED) is 0.256. The van der Waals surface area contributed by atoms with E-state index in [1.54, 1.807) is 0 Å². The van der Waals surface area contributed by atoms with E-state index >= 15 is 0 Å². The molecule has 0 aliphatic carbocycles. The molecule has 3 heteroatoms. The molecule has 0 saturated heterocycles. The number of carbonyl (C=O) groups excluding carboxylic acids is 1. The molecule has 3 nitrogen and oxygen atoms in total. The van der Waals surface area contributed by atoms with E-state index in [0.717, 1.165) is 28.4 Å². The maximum atomic E-state index is 12.1. The minimum absolute atomic E-state index is 0.0186. The Hall–Kier alpha value is -3.85. The largest absolute Gasteiger partial charge is 0.457 e. The van der Waals surface area contributed by atoms with Crippen molar-refractivity contribution in [2.75, 3.05) is 0 Å². The molecule has 0 heterocycles. The molecule has 0 unspecified atom stereocenters. The highest BCUT2D eigenvalue weighted by Crippen LogP contribution is 2.30. The summed E-state index contributed by atoms with van der Waals surface area (Å²) in [5, 5.41) is 0. The van der Waals surface area contributed by atoms with E-state index in [4.69, 9.17) is 9.47 Å². The van der Waals surface area contributed by atoms with Gasteiger partial charge < -0.3 is 9.47 Å². The van der Waals surface area contributed by atoms with Crippen LogP contribution in [-0.4, -0.2) is 5.78 Å². The van der Waals surface area contributed by atoms with Crippen LogP contribution in [0.2, 0.25) is 0 Å². The molecule has 4 aromatic rings. The number of ether oxygens (including phenoxy) is 2. The zero-order chi connectivity index (χ0) is 25.0. The Balaban J connectivity index is 1.38. The maximum absolute atomic E-state index is 12.1. The van der Waals surface area contributed by atoms with Gasteiger partial charge in [-0.25, -0.2) is 0 Å². The third-order valence-electron chi connectivity index (χ3n) is 5.90. The van der Waals surface area contributed by atoms with Crippen molar-refractivity contribution in [3.8, 4) is 34.1 Å². The minimum atomic E-state index is -0.0186. The van der Waals surface area contributed by atoms with Crippen LogP contribution in [0.4, 0.5) is 0 Å². The van der Waals surface area contributed by atoms with Gasteiger partial charge in [0, 0.05) is 11.5 Å². The highest BCUT2D eigenvalue weighted by atomic mass is 16.5. The Labute approximate surface area is 208 Å². The zero-order valence-electron chi connectivity index (χ0n) is 21.0. The van der Waals surface area contributed by atoms with E-state index in [-0.39, 0.29) is 17.1 Å².